The summed E-state index contributed by atoms with van der Waals surface area (Å²) in [6.45, 7) is 11.2. The Morgan fingerprint density at radius 3 is 2.44 bits per heavy atom. The van der Waals surface area contributed by atoms with E-state index in [1.54, 1.807) is 0 Å². The molecule has 2 N–H and O–H groups in total. The molecular weight excluding hydrogens is 436 g/mol. The number of ether oxygens (including phenoxy) is 1. The SMILES string of the molecule is C[Si]C(C)(C)CCC[C@H](c1ccccc1)[C@H]1CC[C@@H]2C(c3ccc(N)cc3)C(C)(C)OC(=O)N21. The third-order valence-corrected chi connectivity index (χ3v) is 9.75. The molecule has 2 aromatic rings. The maximum atomic E-state index is 13.4. The molecule has 2 aromatic carbocycles. The molecule has 182 valence electrons. The lowest BCUT2D eigenvalue weighted by Crippen LogP contribution is -2.58. The lowest BCUT2D eigenvalue weighted by Gasteiger charge is -2.49. The van der Waals surface area contributed by atoms with Crippen LogP contribution in [0.1, 0.15) is 82.8 Å². The van der Waals surface area contributed by atoms with Crippen LogP contribution in [0.4, 0.5) is 10.5 Å². The molecule has 4 nitrogen and oxygen atoms in total. The van der Waals surface area contributed by atoms with Gasteiger partial charge in [0.05, 0.1) is 0 Å². The van der Waals surface area contributed by atoms with Crippen molar-refractivity contribution in [3.05, 3.63) is 65.7 Å². The van der Waals surface area contributed by atoms with Gasteiger partial charge in [0.1, 0.15) is 5.60 Å². The monoisotopic (exact) mass is 476 g/mol. The van der Waals surface area contributed by atoms with Gasteiger partial charge < -0.3 is 15.4 Å². The highest BCUT2D eigenvalue weighted by molar-refractivity contribution is 6.37. The van der Waals surface area contributed by atoms with E-state index in [1.165, 1.54) is 24.0 Å². The zero-order chi connectivity index (χ0) is 24.5. The van der Waals surface area contributed by atoms with Gasteiger partial charge in [-0.1, -0.05) is 75.7 Å². The molecule has 34 heavy (non-hydrogen) atoms. The average Bonchev–Trinajstić information content (AvgIpc) is 3.22. The van der Waals surface area contributed by atoms with Gasteiger partial charge >= 0.3 is 6.09 Å². The first-order chi connectivity index (χ1) is 16.1. The maximum Gasteiger partial charge on any atom is 0.410 e. The second-order valence-corrected chi connectivity index (χ2v) is 13.1. The molecule has 4 rings (SSSR count). The standard InChI is InChI=1S/C29H40N2O2Si/c1-28(2,34-5)19-9-12-23(20-10-7-6-8-11-20)24-17-18-25-26(21-13-15-22(30)16-14-21)29(3,4)33-27(32)31(24)25/h6-8,10-11,13-16,23-26H,9,12,17-19,30H2,1-5H3/t23-,24-,25-,26?/m1/s1. The predicted molar refractivity (Wildman–Crippen MR) is 141 cm³/mol. The lowest BCUT2D eigenvalue weighted by molar-refractivity contribution is -0.0661. The van der Waals surface area contributed by atoms with Crippen LogP contribution >= 0.6 is 0 Å². The van der Waals surface area contributed by atoms with Gasteiger partial charge in [-0.2, -0.15) is 0 Å². The number of hydrogen-bond donors (Lipinski definition) is 1. The molecule has 2 aliphatic heterocycles. The van der Waals surface area contributed by atoms with Gasteiger partial charge in [-0.3, -0.25) is 0 Å². The number of carbonyl (C=O) groups is 1. The van der Waals surface area contributed by atoms with Crippen LogP contribution in [-0.2, 0) is 4.74 Å². The zero-order valence-corrected chi connectivity index (χ0v) is 22.4. The fourth-order valence-corrected chi connectivity index (χ4v) is 6.59. The quantitative estimate of drug-likeness (QED) is 0.329. The number of rotatable bonds is 8. The molecule has 4 atom stereocenters. The van der Waals surface area contributed by atoms with Crippen LogP contribution in [0.25, 0.3) is 0 Å². The van der Waals surface area contributed by atoms with Gasteiger partial charge in [-0.25, -0.2) is 4.79 Å². The van der Waals surface area contributed by atoms with Gasteiger partial charge in [-0.15, -0.1) is 0 Å². The van der Waals surface area contributed by atoms with Crippen LogP contribution in [-0.4, -0.2) is 38.2 Å². The molecular formula is C29H40N2O2Si. The first kappa shape index (κ1) is 24.8. The van der Waals surface area contributed by atoms with Crippen molar-refractivity contribution in [3.8, 4) is 0 Å². The second-order valence-electron chi connectivity index (χ2n) is 11.3. The number of nitrogens with zero attached hydrogens (tertiary/aromatic N) is 1. The van der Waals surface area contributed by atoms with Crippen LogP contribution in [0, 0.1) is 0 Å². The summed E-state index contributed by atoms with van der Waals surface area (Å²) >= 11 is 0. The minimum Gasteiger partial charge on any atom is -0.443 e. The third kappa shape index (κ3) is 5.05. The number of amides is 1. The summed E-state index contributed by atoms with van der Waals surface area (Å²) in [5.74, 6) is 0.440. The van der Waals surface area contributed by atoms with Gasteiger partial charge in [0, 0.05) is 39.1 Å². The molecule has 0 saturated carbocycles. The molecule has 2 radical (unpaired) electrons. The van der Waals surface area contributed by atoms with Crippen molar-refractivity contribution in [2.45, 2.75) is 101 Å². The Morgan fingerprint density at radius 2 is 1.79 bits per heavy atom. The van der Waals surface area contributed by atoms with Crippen molar-refractivity contribution in [2.75, 3.05) is 5.73 Å². The number of hydrogen-bond acceptors (Lipinski definition) is 3. The second kappa shape index (κ2) is 9.77. The van der Waals surface area contributed by atoms with Crippen LogP contribution < -0.4 is 5.73 Å². The summed E-state index contributed by atoms with van der Waals surface area (Å²) in [5, 5.41) is 0.383. The van der Waals surface area contributed by atoms with Crippen molar-refractivity contribution in [3.63, 3.8) is 0 Å². The highest BCUT2D eigenvalue weighted by Gasteiger charge is 2.55. The van der Waals surface area contributed by atoms with Crippen LogP contribution in [0.15, 0.2) is 54.6 Å². The Kier molecular flexibility index (Phi) is 7.14. The highest BCUT2D eigenvalue weighted by Crippen LogP contribution is 2.50. The zero-order valence-electron chi connectivity index (χ0n) is 21.4. The number of anilines is 1. The third-order valence-electron chi connectivity index (χ3n) is 8.15. The molecule has 1 unspecified atom stereocenters. The van der Waals surface area contributed by atoms with Crippen LogP contribution in [0.5, 0.6) is 0 Å². The summed E-state index contributed by atoms with van der Waals surface area (Å²) in [4.78, 5) is 15.5. The largest absolute Gasteiger partial charge is 0.443 e. The van der Waals surface area contributed by atoms with Crippen molar-refractivity contribution >= 4 is 21.3 Å². The van der Waals surface area contributed by atoms with Gasteiger partial charge in [0.2, 0.25) is 0 Å². The topological polar surface area (TPSA) is 55.6 Å². The van der Waals surface area contributed by atoms with Gasteiger partial charge in [-0.05, 0) is 61.4 Å². The number of cyclic esters (lactones) is 1. The first-order valence-electron chi connectivity index (χ1n) is 12.7. The molecule has 1 amide bonds. The minimum atomic E-state index is -0.558. The molecule has 2 aliphatic rings. The fraction of sp³-hybridized carbons (Fsp3) is 0.552. The Bertz CT molecular complexity index is 973. The maximum absolute atomic E-state index is 13.4. The molecule has 0 aromatic heterocycles. The number of fused-ring (bicyclic) bond motifs is 1. The van der Waals surface area contributed by atoms with E-state index in [4.69, 9.17) is 10.5 Å². The fourth-order valence-electron chi connectivity index (χ4n) is 6.16. The number of benzene rings is 2. The number of nitrogen functional groups attached to an aromatic ring is 1. The molecule has 5 heteroatoms. The van der Waals surface area contributed by atoms with Crippen molar-refractivity contribution in [1.82, 2.24) is 4.90 Å². The Morgan fingerprint density at radius 1 is 1.12 bits per heavy atom. The molecule has 2 fully saturated rings. The molecule has 0 spiro atoms. The van der Waals surface area contributed by atoms with E-state index >= 15 is 0 Å². The lowest BCUT2D eigenvalue weighted by atomic mass is 9.77. The van der Waals surface area contributed by atoms with E-state index in [1.807, 2.05) is 12.1 Å². The first-order valence-corrected chi connectivity index (χ1v) is 14.2. The van der Waals surface area contributed by atoms with Crippen LogP contribution in [0.2, 0.25) is 11.6 Å². The van der Waals surface area contributed by atoms with E-state index < -0.39 is 5.60 Å². The van der Waals surface area contributed by atoms with Gasteiger partial charge in [0.15, 0.2) is 0 Å². The van der Waals surface area contributed by atoms with Crippen molar-refractivity contribution in [2.24, 2.45) is 0 Å². The van der Waals surface area contributed by atoms with Crippen molar-refractivity contribution < 1.29 is 9.53 Å². The summed E-state index contributed by atoms with van der Waals surface area (Å²) in [5.41, 5.74) is 8.71. The summed E-state index contributed by atoms with van der Waals surface area (Å²) < 4.78 is 6.13. The van der Waals surface area contributed by atoms with E-state index in [9.17, 15) is 4.79 Å². The normalized spacial score (nSPS) is 25.0. The van der Waals surface area contributed by atoms with Crippen LogP contribution in [0.3, 0.4) is 0 Å². The minimum absolute atomic E-state index is 0.118. The summed E-state index contributed by atoms with van der Waals surface area (Å²) in [6, 6.07) is 19.2. The van der Waals surface area contributed by atoms with E-state index in [-0.39, 0.29) is 24.1 Å². The molecule has 0 bridgehead atoms. The Labute approximate surface area is 208 Å². The summed E-state index contributed by atoms with van der Waals surface area (Å²) in [6.07, 6.45) is 5.34. The Hall–Kier alpha value is -2.27. The molecule has 2 saturated heterocycles. The smallest absolute Gasteiger partial charge is 0.410 e. The Balaban J connectivity index is 1.63. The van der Waals surface area contributed by atoms with E-state index in [0.29, 0.717) is 11.0 Å². The molecule has 0 aliphatic carbocycles. The average molecular weight is 477 g/mol. The highest BCUT2D eigenvalue weighted by atomic mass is 28.2. The molecule has 2 heterocycles. The number of carbonyl (C=O) groups excluding carboxylic acids is 1. The summed E-state index contributed by atoms with van der Waals surface area (Å²) in [7, 11) is 0.938. The van der Waals surface area contributed by atoms with Gasteiger partial charge in [0.25, 0.3) is 0 Å². The number of nitrogens with two attached hydrogens (primary N) is 1. The predicted octanol–water partition coefficient (Wildman–Crippen LogP) is 7.02. The van der Waals surface area contributed by atoms with E-state index in [2.05, 4.69) is 81.6 Å². The van der Waals surface area contributed by atoms with Crippen molar-refractivity contribution in [1.29, 1.82) is 0 Å². The van der Waals surface area contributed by atoms with E-state index in [0.717, 1.165) is 34.5 Å².